The number of carbonyl (C=O) groups is 2. The summed E-state index contributed by atoms with van der Waals surface area (Å²) in [7, 11) is 0. The van der Waals surface area contributed by atoms with Crippen molar-refractivity contribution in [3.63, 3.8) is 0 Å². The molecule has 3 aliphatic rings. The molecule has 2 N–H and O–H groups in total. The van der Waals surface area contributed by atoms with Gasteiger partial charge in [-0.1, -0.05) is 31.0 Å². The van der Waals surface area contributed by atoms with Gasteiger partial charge in [-0.3, -0.25) is 9.59 Å². The lowest BCUT2D eigenvalue weighted by atomic mass is 9.77. The summed E-state index contributed by atoms with van der Waals surface area (Å²) in [5.74, 6) is -0.145. The average molecular weight is 406 g/mol. The van der Waals surface area contributed by atoms with Gasteiger partial charge in [0.1, 0.15) is 0 Å². The summed E-state index contributed by atoms with van der Waals surface area (Å²) in [6.45, 7) is 3.99. The Balaban J connectivity index is 0.00000225. The first-order valence-electron chi connectivity index (χ1n) is 10.6. The maximum Gasteiger partial charge on any atom is 0.231 e. The van der Waals surface area contributed by atoms with E-state index in [1.165, 1.54) is 5.56 Å². The fourth-order valence-corrected chi connectivity index (χ4v) is 5.10. The third kappa shape index (κ3) is 4.20. The number of halogens is 1. The van der Waals surface area contributed by atoms with Crippen LogP contribution in [0.15, 0.2) is 24.3 Å². The first kappa shape index (κ1) is 21.1. The minimum Gasteiger partial charge on any atom is -0.352 e. The van der Waals surface area contributed by atoms with Gasteiger partial charge in [0.25, 0.3) is 0 Å². The van der Waals surface area contributed by atoms with Crippen molar-refractivity contribution in [1.82, 2.24) is 10.6 Å². The zero-order valence-electron chi connectivity index (χ0n) is 16.7. The number of amides is 2. The third-order valence-electron chi connectivity index (χ3n) is 6.51. The molecule has 1 aromatic rings. The van der Waals surface area contributed by atoms with Crippen molar-refractivity contribution < 1.29 is 9.59 Å². The third-order valence-corrected chi connectivity index (χ3v) is 6.51. The van der Waals surface area contributed by atoms with Crippen molar-refractivity contribution in [3.8, 4) is 0 Å². The molecule has 0 aromatic heterocycles. The lowest BCUT2D eigenvalue weighted by Gasteiger charge is -2.35. The second-order valence-corrected chi connectivity index (χ2v) is 8.44. The van der Waals surface area contributed by atoms with Crippen LogP contribution in [0.2, 0.25) is 0 Å². The number of nitrogens with one attached hydrogen (secondary N) is 2. The minimum atomic E-state index is -0.191. The highest BCUT2D eigenvalue weighted by Gasteiger charge is 2.41. The smallest absolute Gasteiger partial charge is 0.231 e. The molecule has 4 atom stereocenters. The molecule has 6 heteroatoms. The Labute approximate surface area is 174 Å². The summed E-state index contributed by atoms with van der Waals surface area (Å²) in [6.07, 6.45) is 6.75. The molecule has 2 fully saturated rings. The fraction of sp³-hybridized carbons (Fsp3) is 0.636. The number of para-hydroxylation sites is 1. The minimum absolute atomic E-state index is 0. The Morgan fingerprint density at radius 1 is 1.07 bits per heavy atom. The van der Waals surface area contributed by atoms with Crippen LogP contribution >= 0.6 is 12.4 Å². The fourth-order valence-electron chi connectivity index (χ4n) is 5.10. The molecule has 2 amide bonds. The number of nitrogens with zero attached hydrogens (tertiary/aromatic N) is 1. The van der Waals surface area contributed by atoms with E-state index in [1.807, 2.05) is 23.1 Å². The first-order chi connectivity index (χ1) is 13.1. The number of fused-ring (bicyclic) bond motifs is 1. The normalized spacial score (nSPS) is 29.5. The van der Waals surface area contributed by atoms with Crippen molar-refractivity contribution in [2.75, 3.05) is 18.0 Å². The van der Waals surface area contributed by atoms with Gasteiger partial charge in [-0.15, -0.1) is 12.4 Å². The number of benzene rings is 1. The molecule has 1 aromatic carbocycles. The molecule has 0 bridgehead atoms. The largest absolute Gasteiger partial charge is 0.352 e. The molecule has 4 unspecified atom stereocenters. The molecular weight excluding hydrogens is 374 g/mol. The second kappa shape index (κ2) is 9.27. The first-order valence-corrected chi connectivity index (χ1v) is 10.6. The predicted molar refractivity (Wildman–Crippen MR) is 114 cm³/mol. The predicted octanol–water partition coefficient (Wildman–Crippen LogP) is 3.06. The Kier molecular flexibility index (Phi) is 7.00. The molecular formula is C22H32ClN3O2. The van der Waals surface area contributed by atoms with Crippen LogP contribution in [0.4, 0.5) is 5.69 Å². The highest BCUT2D eigenvalue weighted by Crippen LogP contribution is 2.38. The molecule has 154 valence electrons. The number of carbonyl (C=O) groups excluding carboxylic acids is 2. The van der Waals surface area contributed by atoms with Crippen molar-refractivity contribution in [2.24, 2.45) is 11.8 Å². The van der Waals surface area contributed by atoms with E-state index < -0.39 is 0 Å². The zero-order valence-corrected chi connectivity index (χ0v) is 17.5. The van der Waals surface area contributed by atoms with E-state index in [-0.39, 0.29) is 48.1 Å². The van der Waals surface area contributed by atoms with Gasteiger partial charge in [-0.05, 0) is 57.2 Å². The molecule has 2 heterocycles. The lowest BCUT2D eigenvalue weighted by Crippen LogP contribution is -2.51. The maximum atomic E-state index is 13.5. The molecule has 2 aliphatic heterocycles. The molecule has 1 saturated carbocycles. The van der Waals surface area contributed by atoms with Crippen LogP contribution in [0.3, 0.4) is 0 Å². The van der Waals surface area contributed by atoms with E-state index in [1.54, 1.807) is 0 Å². The summed E-state index contributed by atoms with van der Waals surface area (Å²) >= 11 is 0. The molecule has 1 saturated heterocycles. The van der Waals surface area contributed by atoms with Crippen molar-refractivity contribution in [1.29, 1.82) is 0 Å². The quantitative estimate of drug-likeness (QED) is 0.812. The molecule has 28 heavy (non-hydrogen) atoms. The van der Waals surface area contributed by atoms with Crippen LogP contribution in [0.5, 0.6) is 0 Å². The van der Waals surface area contributed by atoms with Crippen molar-refractivity contribution >= 4 is 29.9 Å². The number of hydrogen-bond acceptors (Lipinski definition) is 3. The van der Waals surface area contributed by atoms with Crippen LogP contribution in [0.1, 0.15) is 51.0 Å². The molecule has 5 nitrogen and oxygen atoms in total. The van der Waals surface area contributed by atoms with Crippen LogP contribution in [-0.2, 0) is 16.0 Å². The van der Waals surface area contributed by atoms with Gasteiger partial charge in [0.05, 0.1) is 5.92 Å². The van der Waals surface area contributed by atoms with Crippen molar-refractivity contribution in [3.05, 3.63) is 29.8 Å². The van der Waals surface area contributed by atoms with Gasteiger partial charge in [0.15, 0.2) is 0 Å². The van der Waals surface area contributed by atoms with Gasteiger partial charge >= 0.3 is 0 Å². The highest BCUT2D eigenvalue weighted by molar-refractivity contribution is 6.00. The summed E-state index contributed by atoms with van der Waals surface area (Å²) in [5, 5.41) is 6.57. The lowest BCUT2D eigenvalue weighted by molar-refractivity contribution is -0.135. The summed E-state index contributed by atoms with van der Waals surface area (Å²) in [4.78, 5) is 28.5. The Morgan fingerprint density at radius 3 is 2.57 bits per heavy atom. The van der Waals surface area contributed by atoms with Gasteiger partial charge < -0.3 is 15.5 Å². The van der Waals surface area contributed by atoms with Gasteiger partial charge in [0.2, 0.25) is 11.8 Å². The van der Waals surface area contributed by atoms with Crippen molar-refractivity contribution in [2.45, 2.75) is 64.0 Å². The number of rotatable bonds is 3. The average Bonchev–Trinajstić information content (AvgIpc) is 3.04. The standard InChI is InChI=1S/C22H31N3O2.ClH/c1-15-13-16-7-2-5-11-20(16)25(15)22(27)19-10-4-3-9-18(19)21(26)24-17-8-6-12-23-14-17;/h2,5,7,11,15,17-19,23H,3-4,6,8-10,12-14H2,1H3,(H,24,26);1H. The van der Waals surface area contributed by atoms with Crippen LogP contribution in [0.25, 0.3) is 0 Å². The van der Waals surface area contributed by atoms with Crippen LogP contribution < -0.4 is 15.5 Å². The number of piperidine rings is 1. The summed E-state index contributed by atoms with van der Waals surface area (Å²) < 4.78 is 0. The van der Waals surface area contributed by atoms with E-state index in [9.17, 15) is 9.59 Å². The van der Waals surface area contributed by atoms with E-state index in [2.05, 4.69) is 23.6 Å². The summed E-state index contributed by atoms with van der Waals surface area (Å²) in [5.41, 5.74) is 2.28. The number of hydrogen-bond donors (Lipinski definition) is 2. The van der Waals surface area contributed by atoms with E-state index in [4.69, 9.17) is 0 Å². The Bertz CT molecular complexity index is 705. The molecule has 4 rings (SSSR count). The van der Waals surface area contributed by atoms with E-state index in [0.29, 0.717) is 0 Å². The van der Waals surface area contributed by atoms with E-state index in [0.717, 1.165) is 63.7 Å². The maximum absolute atomic E-state index is 13.5. The molecule has 0 radical (unpaired) electrons. The van der Waals surface area contributed by atoms with Gasteiger partial charge in [0, 0.05) is 30.2 Å². The van der Waals surface area contributed by atoms with Gasteiger partial charge in [-0.2, -0.15) is 0 Å². The molecule has 0 spiro atoms. The summed E-state index contributed by atoms with van der Waals surface area (Å²) in [6, 6.07) is 8.56. The zero-order chi connectivity index (χ0) is 18.8. The second-order valence-electron chi connectivity index (χ2n) is 8.44. The van der Waals surface area contributed by atoms with Crippen LogP contribution in [-0.4, -0.2) is 37.0 Å². The Hall–Kier alpha value is -1.59. The molecule has 1 aliphatic carbocycles. The Morgan fingerprint density at radius 2 is 1.82 bits per heavy atom. The van der Waals surface area contributed by atoms with Gasteiger partial charge in [-0.25, -0.2) is 0 Å². The highest BCUT2D eigenvalue weighted by atomic mass is 35.5. The van der Waals surface area contributed by atoms with E-state index >= 15 is 0 Å². The number of anilines is 1. The topological polar surface area (TPSA) is 61.4 Å². The van der Waals surface area contributed by atoms with Crippen LogP contribution in [0, 0.1) is 11.8 Å². The SMILES string of the molecule is CC1Cc2ccccc2N1C(=O)C1CCCCC1C(=O)NC1CCCNC1.Cl. The monoisotopic (exact) mass is 405 g/mol.